The van der Waals surface area contributed by atoms with Crippen LogP contribution in [0, 0.1) is 10.1 Å². The standard InChI is InChI=1S/C10H15N3O4S/c1-2-11-9-3-7(13(16)17)4-10(12-9)18-6-8(15)5-14/h3-4,8,14-15H,2,5-6H2,1H3,(H,11,12). The van der Waals surface area contributed by atoms with Gasteiger partial charge in [-0.05, 0) is 6.92 Å². The molecule has 1 aromatic heterocycles. The molecule has 1 atom stereocenters. The molecule has 0 spiro atoms. The Bertz CT molecular complexity index is 416. The lowest BCUT2D eigenvalue weighted by molar-refractivity contribution is -0.385. The molecule has 0 aliphatic heterocycles. The van der Waals surface area contributed by atoms with Crippen LogP contribution in [0.1, 0.15) is 6.92 Å². The first-order valence-electron chi connectivity index (χ1n) is 5.39. The largest absolute Gasteiger partial charge is 0.394 e. The smallest absolute Gasteiger partial charge is 0.275 e. The molecular weight excluding hydrogens is 258 g/mol. The zero-order chi connectivity index (χ0) is 13.5. The zero-order valence-corrected chi connectivity index (χ0v) is 10.7. The van der Waals surface area contributed by atoms with Gasteiger partial charge in [-0.3, -0.25) is 10.1 Å². The molecule has 1 rings (SSSR count). The number of anilines is 1. The van der Waals surface area contributed by atoms with E-state index in [-0.39, 0.29) is 18.0 Å². The fourth-order valence-corrected chi connectivity index (χ4v) is 2.01. The van der Waals surface area contributed by atoms with E-state index in [1.165, 1.54) is 12.1 Å². The van der Waals surface area contributed by atoms with Crippen molar-refractivity contribution in [2.45, 2.75) is 18.1 Å². The Balaban J connectivity index is 2.85. The summed E-state index contributed by atoms with van der Waals surface area (Å²) in [7, 11) is 0. The summed E-state index contributed by atoms with van der Waals surface area (Å²) in [6.45, 7) is 2.13. The summed E-state index contributed by atoms with van der Waals surface area (Å²) in [4.78, 5) is 14.4. The van der Waals surface area contributed by atoms with E-state index in [0.29, 0.717) is 17.4 Å². The minimum absolute atomic E-state index is 0.0538. The molecule has 0 aliphatic rings. The van der Waals surface area contributed by atoms with Crippen LogP contribution in [0.15, 0.2) is 17.2 Å². The quantitative estimate of drug-likeness (QED) is 0.384. The second kappa shape index (κ2) is 7.14. The van der Waals surface area contributed by atoms with E-state index >= 15 is 0 Å². The molecule has 8 heteroatoms. The predicted octanol–water partition coefficient (Wildman–Crippen LogP) is 0.867. The first-order chi connectivity index (χ1) is 8.56. The monoisotopic (exact) mass is 273 g/mol. The van der Waals surface area contributed by atoms with Crippen LogP contribution < -0.4 is 5.32 Å². The van der Waals surface area contributed by atoms with Crippen molar-refractivity contribution < 1.29 is 15.1 Å². The lowest BCUT2D eigenvalue weighted by Gasteiger charge is -2.08. The Kier molecular flexibility index (Phi) is 5.83. The third-order valence-electron chi connectivity index (χ3n) is 1.99. The molecule has 100 valence electrons. The van der Waals surface area contributed by atoms with Crippen LogP contribution in [-0.4, -0.2) is 45.1 Å². The van der Waals surface area contributed by atoms with Gasteiger partial charge in [0.15, 0.2) is 0 Å². The average Bonchev–Trinajstić information content (AvgIpc) is 2.36. The number of thioether (sulfide) groups is 1. The molecular formula is C10H15N3O4S. The topological polar surface area (TPSA) is 109 Å². The van der Waals surface area contributed by atoms with E-state index in [0.717, 1.165) is 11.8 Å². The average molecular weight is 273 g/mol. The van der Waals surface area contributed by atoms with Gasteiger partial charge in [0.1, 0.15) is 10.8 Å². The molecule has 0 saturated heterocycles. The fraction of sp³-hybridized carbons (Fsp3) is 0.500. The number of nitro groups is 1. The number of aliphatic hydroxyl groups excluding tert-OH is 2. The number of aliphatic hydroxyl groups is 2. The van der Waals surface area contributed by atoms with Crippen molar-refractivity contribution in [3.8, 4) is 0 Å². The van der Waals surface area contributed by atoms with Gasteiger partial charge in [-0.2, -0.15) is 0 Å². The maximum atomic E-state index is 10.8. The summed E-state index contributed by atoms with van der Waals surface area (Å²) in [5, 5.41) is 32.0. The van der Waals surface area contributed by atoms with Gasteiger partial charge in [-0.15, -0.1) is 11.8 Å². The van der Waals surface area contributed by atoms with Crippen LogP contribution in [0.2, 0.25) is 0 Å². The number of rotatable bonds is 7. The SMILES string of the molecule is CCNc1cc([N+](=O)[O-])cc(SCC(O)CO)n1. The molecule has 3 N–H and O–H groups in total. The van der Waals surface area contributed by atoms with Crippen molar-refractivity contribution in [3.05, 3.63) is 22.2 Å². The molecule has 0 radical (unpaired) electrons. The van der Waals surface area contributed by atoms with Gasteiger partial charge in [0.2, 0.25) is 0 Å². The normalized spacial score (nSPS) is 12.2. The van der Waals surface area contributed by atoms with Crippen molar-refractivity contribution >= 4 is 23.3 Å². The molecule has 7 nitrogen and oxygen atoms in total. The Morgan fingerprint density at radius 3 is 2.89 bits per heavy atom. The Labute approximate surface area is 108 Å². The molecule has 0 saturated carbocycles. The van der Waals surface area contributed by atoms with E-state index in [1.807, 2.05) is 6.92 Å². The number of nitrogens with one attached hydrogen (secondary N) is 1. The van der Waals surface area contributed by atoms with Crippen molar-refractivity contribution in [1.29, 1.82) is 0 Å². The number of nitrogens with zero attached hydrogens (tertiary/aromatic N) is 2. The van der Waals surface area contributed by atoms with Crippen LogP contribution in [0.25, 0.3) is 0 Å². The molecule has 18 heavy (non-hydrogen) atoms. The summed E-state index contributed by atoms with van der Waals surface area (Å²) in [6, 6.07) is 2.70. The van der Waals surface area contributed by atoms with Crippen molar-refractivity contribution in [2.24, 2.45) is 0 Å². The summed E-state index contributed by atoms with van der Waals surface area (Å²) < 4.78 is 0. The van der Waals surface area contributed by atoms with E-state index in [2.05, 4.69) is 10.3 Å². The number of hydrogen-bond donors (Lipinski definition) is 3. The zero-order valence-electron chi connectivity index (χ0n) is 9.87. The second-order valence-corrected chi connectivity index (χ2v) is 4.52. The minimum Gasteiger partial charge on any atom is -0.394 e. The first kappa shape index (κ1) is 14.7. The van der Waals surface area contributed by atoms with Crippen LogP contribution >= 0.6 is 11.8 Å². The lowest BCUT2D eigenvalue weighted by Crippen LogP contribution is -2.14. The van der Waals surface area contributed by atoms with E-state index < -0.39 is 11.0 Å². The highest BCUT2D eigenvalue weighted by molar-refractivity contribution is 7.99. The molecule has 1 heterocycles. The third-order valence-corrected chi connectivity index (χ3v) is 3.05. The summed E-state index contributed by atoms with van der Waals surface area (Å²) in [6.07, 6.45) is -0.862. The van der Waals surface area contributed by atoms with Gasteiger partial charge in [0, 0.05) is 18.4 Å². The molecule has 0 amide bonds. The Morgan fingerprint density at radius 1 is 1.61 bits per heavy atom. The van der Waals surface area contributed by atoms with Crippen LogP contribution in [0.4, 0.5) is 11.5 Å². The van der Waals surface area contributed by atoms with Gasteiger partial charge < -0.3 is 15.5 Å². The van der Waals surface area contributed by atoms with Gasteiger partial charge in [0.05, 0.1) is 23.7 Å². The number of hydrogen-bond acceptors (Lipinski definition) is 7. The Hall–Kier alpha value is -1.38. The highest BCUT2D eigenvalue weighted by Gasteiger charge is 2.12. The first-order valence-corrected chi connectivity index (χ1v) is 6.37. The molecule has 1 aromatic rings. The van der Waals surface area contributed by atoms with Gasteiger partial charge >= 0.3 is 0 Å². The van der Waals surface area contributed by atoms with E-state index in [9.17, 15) is 15.2 Å². The van der Waals surface area contributed by atoms with Crippen molar-refractivity contribution in [1.82, 2.24) is 4.98 Å². The van der Waals surface area contributed by atoms with Crippen LogP contribution in [0.3, 0.4) is 0 Å². The molecule has 1 unspecified atom stereocenters. The third kappa shape index (κ3) is 4.47. The van der Waals surface area contributed by atoms with Gasteiger partial charge in [-0.1, -0.05) is 0 Å². The van der Waals surface area contributed by atoms with Gasteiger partial charge in [0.25, 0.3) is 5.69 Å². The fourth-order valence-electron chi connectivity index (χ4n) is 1.18. The number of pyridine rings is 1. The van der Waals surface area contributed by atoms with E-state index in [4.69, 9.17) is 5.11 Å². The minimum atomic E-state index is -0.862. The molecule has 0 fully saturated rings. The summed E-state index contributed by atoms with van der Waals surface area (Å²) >= 11 is 1.16. The van der Waals surface area contributed by atoms with Crippen molar-refractivity contribution in [3.63, 3.8) is 0 Å². The maximum absolute atomic E-state index is 10.8. The van der Waals surface area contributed by atoms with Crippen LogP contribution in [-0.2, 0) is 0 Å². The lowest BCUT2D eigenvalue weighted by atomic mass is 10.4. The molecule has 0 bridgehead atoms. The maximum Gasteiger partial charge on any atom is 0.275 e. The Morgan fingerprint density at radius 2 is 2.33 bits per heavy atom. The predicted molar refractivity (Wildman–Crippen MR) is 68.9 cm³/mol. The van der Waals surface area contributed by atoms with E-state index in [1.54, 1.807) is 0 Å². The summed E-state index contributed by atoms with van der Waals surface area (Å²) in [5.74, 6) is 0.656. The van der Waals surface area contributed by atoms with Crippen molar-refractivity contribution in [2.75, 3.05) is 24.2 Å². The number of aromatic nitrogens is 1. The van der Waals surface area contributed by atoms with Crippen LogP contribution in [0.5, 0.6) is 0 Å². The molecule has 0 aromatic carbocycles. The highest BCUT2D eigenvalue weighted by atomic mass is 32.2. The second-order valence-electron chi connectivity index (χ2n) is 3.48. The van der Waals surface area contributed by atoms with Gasteiger partial charge in [-0.25, -0.2) is 4.98 Å². The highest BCUT2D eigenvalue weighted by Crippen LogP contribution is 2.24. The molecule has 0 aliphatic carbocycles. The summed E-state index contributed by atoms with van der Waals surface area (Å²) in [5.41, 5.74) is -0.0538.